The van der Waals surface area contributed by atoms with Crippen molar-refractivity contribution in [3.8, 4) is 0 Å². The van der Waals surface area contributed by atoms with Crippen molar-refractivity contribution in [3.05, 3.63) is 24.2 Å². The Morgan fingerprint density at radius 3 is 2.67 bits per heavy atom. The molecule has 5 nitrogen and oxygen atoms in total. The SMILES string of the molecule is CC(C)(C)c1cc2c(N(CCO)CC(F)F)nccn2n1. The Morgan fingerprint density at radius 2 is 2.10 bits per heavy atom. The number of anilines is 1. The van der Waals surface area contributed by atoms with Crippen molar-refractivity contribution in [2.45, 2.75) is 32.6 Å². The zero-order chi connectivity index (χ0) is 15.6. The Hall–Kier alpha value is -1.76. The summed E-state index contributed by atoms with van der Waals surface area (Å²) in [6.07, 6.45) is 0.717. The second-order valence-corrected chi connectivity index (χ2v) is 5.92. The van der Waals surface area contributed by atoms with E-state index in [1.807, 2.05) is 26.8 Å². The normalized spacial score (nSPS) is 12.3. The third-order valence-electron chi connectivity index (χ3n) is 3.17. The molecule has 0 aromatic carbocycles. The molecule has 116 valence electrons. The fourth-order valence-electron chi connectivity index (χ4n) is 2.09. The van der Waals surface area contributed by atoms with Gasteiger partial charge < -0.3 is 10.0 Å². The predicted octanol–water partition coefficient (Wildman–Crippen LogP) is 2.09. The van der Waals surface area contributed by atoms with Crippen LogP contribution in [-0.4, -0.2) is 45.8 Å². The molecule has 1 N–H and O–H groups in total. The summed E-state index contributed by atoms with van der Waals surface area (Å²) in [4.78, 5) is 5.58. The first-order chi connectivity index (χ1) is 9.82. The van der Waals surface area contributed by atoms with E-state index >= 15 is 0 Å². The number of aromatic nitrogens is 3. The Labute approximate surface area is 122 Å². The third-order valence-corrected chi connectivity index (χ3v) is 3.17. The molecule has 0 aliphatic carbocycles. The van der Waals surface area contributed by atoms with E-state index in [0.717, 1.165) is 5.69 Å². The number of nitrogens with zero attached hydrogens (tertiary/aromatic N) is 4. The van der Waals surface area contributed by atoms with Gasteiger partial charge >= 0.3 is 0 Å². The van der Waals surface area contributed by atoms with E-state index in [-0.39, 0.29) is 18.6 Å². The first-order valence-electron chi connectivity index (χ1n) is 6.81. The summed E-state index contributed by atoms with van der Waals surface area (Å²) < 4.78 is 27.1. The number of halogens is 2. The predicted molar refractivity (Wildman–Crippen MR) is 77.0 cm³/mol. The van der Waals surface area contributed by atoms with Crippen LogP contribution in [0.15, 0.2) is 18.5 Å². The van der Waals surface area contributed by atoms with Crippen molar-refractivity contribution >= 4 is 11.3 Å². The molecule has 2 aromatic rings. The zero-order valence-electron chi connectivity index (χ0n) is 12.4. The first kappa shape index (κ1) is 15.6. The van der Waals surface area contributed by atoms with Crippen LogP contribution in [0.5, 0.6) is 0 Å². The summed E-state index contributed by atoms with van der Waals surface area (Å²) in [5.41, 5.74) is 1.38. The maximum absolute atomic E-state index is 12.7. The van der Waals surface area contributed by atoms with E-state index < -0.39 is 13.0 Å². The van der Waals surface area contributed by atoms with Gasteiger partial charge in [-0.25, -0.2) is 18.3 Å². The lowest BCUT2D eigenvalue weighted by Crippen LogP contribution is -2.32. The van der Waals surface area contributed by atoms with Crippen molar-refractivity contribution in [3.63, 3.8) is 0 Å². The van der Waals surface area contributed by atoms with Gasteiger partial charge in [0.2, 0.25) is 0 Å². The average molecular weight is 298 g/mol. The van der Waals surface area contributed by atoms with Gasteiger partial charge in [0.05, 0.1) is 18.8 Å². The topological polar surface area (TPSA) is 53.7 Å². The van der Waals surface area contributed by atoms with Crippen LogP contribution in [-0.2, 0) is 5.41 Å². The summed E-state index contributed by atoms with van der Waals surface area (Å²) in [5, 5.41) is 13.5. The lowest BCUT2D eigenvalue weighted by Gasteiger charge is -2.22. The Morgan fingerprint density at radius 1 is 1.38 bits per heavy atom. The van der Waals surface area contributed by atoms with Gasteiger partial charge in [-0.3, -0.25) is 0 Å². The number of hydrogen-bond donors (Lipinski definition) is 1. The molecule has 0 aliphatic rings. The smallest absolute Gasteiger partial charge is 0.255 e. The lowest BCUT2D eigenvalue weighted by molar-refractivity contribution is 0.152. The van der Waals surface area contributed by atoms with Crippen LogP contribution >= 0.6 is 0 Å². The maximum atomic E-state index is 12.7. The summed E-state index contributed by atoms with van der Waals surface area (Å²) in [6.45, 7) is 5.53. The first-order valence-corrected chi connectivity index (χ1v) is 6.81. The molecule has 7 heteroatoms. The molecule has 0 radical (unpaired) electrons. The average Bonchev–Trinajstić information content (AvgIpc) is 2.81. The highest BCUT2D eigenvalue weighted by molar-refractivity contribution is 5.69. The molecule has 0 atom stereocenters. The fourth-order valence-corrected chi connectivity index (χ4v) is 2.09. The molecule has 0 unspecified atom stereocenters. The van der Waals surface area contributed by atoms with Crippen LogP contribution in [0.4, 0.5) is 14.6 Å². The summed E-state index contributed by atoms with van der Waals surface area (Å²) >= 11 is 0. The van der Waals surface area contributed by atoms with E-state index in [0.29, 0.717) is 11.3 Å². The molecule has 2 rings (SSSR count). The Balaban J connectivity index is 2.49. The molecule has 0 spiro atoms. The van der Waals surface area contributed by atoms with Gasteiger partial charge in [0.1, 0.15) is 5.52 Å². The van der Waals surface area contributed by atoms with E-state index in [2.05, 4.69) is 10.1 Å². The highest BCUT2D eigenvalue weighted by Gasteiger charge is 2.21. The molecular weight excluding hydrogens is 278 g/mol. The van der Waals surface area contributed by atoms with Crippen molar-refractivity contribution < 1.29 is 13.9 Å². The molecule has 2 heterocycles. The van der Waals surface area contributed by atoms with Gasteiger partial charge in [0.25, 0.3) is 6.43 Å². The van der Waals surface area contributed by atoms with Gasteiger partial charge in [-0.2, -0.15) is 5.10 Å². The minimum absolute atomic E-state index is 0.104. The van der Waals surface area contributed by atoms with Gasteiger partial charge in [0, 0.05) is 24.4 Å². The summed E-state index contributed by atoms with van der Waals surface area (Å²) in [5.74, 6) is 0.412. The molecule has 21 heavy (non-hydrogen) atoms. The molecule has 0 bridgehead atoms. The van der Waals surface area contributed by atoms with Crippen LogP contribution < -0.4 is 4.90 Å². The second-order valence-electron chi connectivity index (χ2n) is 5.92. The number of fused-ring (bicyclic) bond motifs is 1. The summed E-state index contributed by atoms with van der Waals surface area (Å²) in [6, 6.07) is 1.86. The minimum atomic E-state index is -2.50. The molecule has 0 amide bonds. The van der Waals surface area contributed by atoms with Gasteiger partial charge in [0.15, 0.2) is 5.82 Å². The molecule has 0 saturated heterocycles. The number of hydrogen-bond acceptors (Lipinski definition) is 4. The molecule has 0 fully saturated rings. The monoisotopic (exact) mass is 298 g/mol. The number of alkyl halides is 2. The summed E-state index contributed by atoms with van der Waals surface area (Å²) in [7, 11) is 0. The number of aliphatic hydroxyl groups excluding tert-OH is 1. The maximum Gasteiger partial charge on any atom is 0.255 e. The Kier molecular flexibility index (Phi) is 4.41. The van der Waals surface area contributed by atoms with Gasteiger partial charge in [-0.15, -0.1) is 0 Å². The van der Waals surface area contributed by atoms with Crippen molar-refractivity contribution in [2.24, 2.45) is 0 Å². The van der Waals surface area contributed by atoms with Crippen molar-refractivity contribution in [1.29, 1.82) is 0 Å². The van der Waals surface area contributed by atoms with E-state index in [1.54, 1.807) is 10.7 Å². The van der Waals surface area contributed by atoms with E-state index in [4.69, 9.17) is 5.11 Å². The molecule has 2 aromatic heterocycles. The number of aliphatic hydroxyl groups is 1. The lowest BCUT2D eigenvalue weighted by atomic mass is 9.92. The molecule has 0 aliphatic heterocycles. The molecule has 0 saturated carbocycles. The van der Waals surface area contributed by atoms with Crippen LogP contribution in [0.25, 0.3) is 5.52 Å². The van der Waals surface area contributed by atoms with Gasteiger partial charge in [-0.1, -0.05) is 20.8 Å². The largest absolute Gasteiger partial charge is 0.395 e. The second kappa shape index (κ2) is 5.93. The quantitative estimate of drug-likeness (QED) is 0.918. The Bertz CT molecular complexity index is 607. The van der Waals surface area contributed by atoms with Crippen LogP contribution in [0.2, 0.25) is 0 Å². The van der Waals surface area contributed by atoms with Crippen molar-refractivity contribution in [2.75, 3.05) is 24.6 Å². The third kappa shape index (κ3) is 3.47. The van der Waals surface area contributed by atoms with Crippen molar-refractivity contribution in [1.82, 2.24) is 14.6 Å². The standard InChI is InChI=1S/C14H20F2N4O/c1-14(2,3)11-8-10-13(17-4-5-20(10)18-11)19(6-7-21)9-12(15)16/h4-5,8,12,21H,6-7,9H2,1-3H3. The van der Waals surface area contributed by atoms with E-state index in [1.165, 1.54) is 11.1 Å². The highest BCUT2D eigenvalue weighted by atomic mass is 19.3. The zero-order valence-corrected chi connectivity index (χ0v) is 12.4. The molecular formula is C14H20F2N4O. The fraction of sp³-hybridized carbons (Fsp3) is 0.571. The van der Waals surface area contributed by atoms with Gasteiger partial charge in [-0.05, 0) is 6.07 Å². The van der Waals surface area contributed by atoms with E-state index in [9.17, 15) is 8.78 Å². The highest BCUT2D eigenvalue weighted by Crippen LogP contribution is 2.26. The number of rotatable bonds is 5. The van der Waals surface area contributed by atoms with Crippen LogP contribution in [0, 0.1) is 0 Å². The van der Waals surface area contributed by atoms with Crippen LogP contribution in [0.3, 0.4) is 0 Å². The minimum Gasteiger partial charge on any atom is -0.395 e. The van der Waals surface area contributed by atoms with Crippen LogP contribution in [0.1, 0.15) is 26.5 Å².